The van der Waals surface area contributed by atoms with Gasteiger partial charge in [0, 0.05) is 14.0 Å². The van der Waals surface area contributed by atoms with Crippen molar-refractivity contribution < 1.29 is 0 Å². The first kappa shape index (κ1) is 8.24. The maximum atomic E-state index is 4.75. The van der Waals surface area contributed by atoms with Crippen LogP contribution in [0.1, 0.15) is 0 Å². The molecule has 0 radical (unpaired) electrons. The average molecular weight is 192 g/mol. The van der Waals surface area contributed by atoms with E-state index >= 15 is 0 Å². The Hall–Kier alpha value is 2.24. The van der Waals surface area contributed by atoms with Gasteiger partial charge in [0.2, 0.25) is 0 Å². The molecule has 6 heavy (non-hydrogen) atoms. The molecule has 0 aliphatic carbocycles. The molecule has 4 unspecified atom stereocenters. The SMILES string of the molecule is PPP(P)P=S. The number of hydrogen-bond donors (Lipinski definition) is 0. The molecule has 0 amide bonds. The van der Waals surface area contributed by atoms with Gasteiger partial charge in [-0.1, -0.05) is 28.7 Å². The lowest BCUT2D eigenvalue weighted by Crippen LogP contribution is -1.06. The van der Waals surface area contributed by atoms with E-state index in [2.05, 4.69) is 17.9 Å². The Morgan fingerprint density at radius 1 is 1.83 bits per heavy atom. The summed E-state index contributed by atoms with van der Waals surface area (Å²) in [5.41, 5.74) is 0. The van der Waals surface area contributed by atoms with Crippen molar-refractivity contribution in [3.05, 3.63) is 0 Å². The van der Waals surface area contributed by atoms with E-state index in [4.69, 9.17) is 11.8 Å². The molecule has 0 saturated carbocycles. The summed E-state index contributed by atoms with van der Waals surface area (Å²) < 4.78 is 0. The molecule has 0 saturated heterocycles. The Morgan fingerprint density at radius 3 is 2.33 bits per heavy atom. The highest BCUT2D eigenvalue weighted by Crippen LogP contribution is 2.74. The Morgan fingerprint density at radius 2 is 2.33 bits per heavy atom. The van der Waals surface area contributed by atoms with Gasteiger partial charge in [0.25, 0.3) is 0 Å². The van der Waals surface area contributed by atoms with Crippen LogP contribution in [-0.4, -0.2) is 0 Å². The Balaban J connectivity index is 2.96. The van der Waals surface area contributed by atoms with Crippen LogP contribution in [0.15, 0.2) is 0 Å². The quantitative estimate of drug-likeness (QED) is 0.606. The summed E-state index contributed by atoms with van der Waals surface area (Å²) >= 11 is 4.75. The van der Waals surface area contributed by atoms with Crippen molar-refractivity contribution in [3.8, 4) is 0 Å². The predicted molar refractivity (Wildman–Crippen MR) is 48.9 cm³/mol. The molecule has 0 nitrogen and oxygen atoms in total. The van der Waals surface area contributed by atoms with Crippen LogP contribution < -0.4 is 0 Å². The van der Waals surface area contributed by atoms with Crippen molar-refractivity contribution >= 4 is 51.7 Å². The molecule has 36 valence electrons. The molecule has 6 heteroatoms. The first-order chi connectivity index (χ1) is 2.81. The summed E-state index contributed by atoms with van der Waals surface area (Å²) in [6, 6.07) is 0. The molecule has 0 aliphatic heterocycles. The third-order valence-corrected chi connectivity index (χ3v) is 17.8. The molecule has 0 aromatic carbocycles. The van der Waals surface area contributed by atoms with Gasteiger partial charge in [-0.3, -0.25) is 0 Å². The standard InChI is InChI=1S/H5P5S/c1-3-5(2)4-6/h3H,1-2H2. The van der Waals surface area contributed by atoms with Crippen LogP contribution in [0, 0.1) is 0 Å². The van der Waals surface area contributed by atoms with Crippen molar-refractivity contribution in [3.63, 3.8) is 0 Å². The fraction of sp³-hybridized carbons (Fsp3) is 0. The lowest BCUT2D eigenvalue weighted by atomic mass is 29.1. The minimum Gasteiger partial charge on any atom is -0.109 e. The van der Waals surface area contributed by atoms with Gasteiger partial charge in [0.05, 0.1) is 0 Å². The summed E-state index contributed by atoms with van der Waals surface area (Å²) in [7, 11) is 7.54. The monoisotopic (exact) mass is 192 g/mol. The predicted octanol–water partition coefficient (Wildman–Crippen LogP) is 2.97. The third-order valence-electron chi connectivity index (χ3n) is 0.220. The van der Waals surface area contributed by atoms with E-state index < -0.39 is 0 Å². The van der Waals surface area contributed by atoms with E-state index in [9.17, 15) is 0 Å². The summed E-state index contributed by atoms with van der Waals surface area (Å²) in [5, 5.41) is 0. The molecule has 0 aliphatic rings. The molecule has 0 aromatic heterocycles. The molecule has 0 fully saturated rings. The molecule has 4 atom stereocenters. The second kappa shape index (κ2) is 5.38. The van der Waals surface area contributed by atoms with E-state index in [1.807, 2.05) is 0 Å². The highest BCUT2D eigenvalue weighted by molar-refractivity contribution is 8.82. The van der Waals surface area contributed by atoms with Crippen LogP contribution >= 0.6 is 39.8 Å². The highest BCUT2D eigenvalue weighted by atomic mass is 32.9. The molecular formula is H5P5S. The Kier molecular flexibility index (Phi) is 7.39. The Bertz CT molecular complexity index is 41.2. The van der Waals surface area contributed by atoms with Crippen LogP contribution in [0.5, 0.6) is 0 Å². The molecule has 0 bridgehead atoms. The first-order valence-corrected chi connectivity index (χ1v) is 10.4. The minimum absolute atomic E-state index is 0.118. The molecule has 0 spiro atoms. The van der Waals surface area contributed by atoms with Gasteiger partial charge in [0.15, 0.2) is 0 Å². The van der Waals surface area contributed by atoms with Crippen LogP contribution in [0.25, 0.3) is 0 Å². The minimum atomic E-state index is 0.118. The van der Waals surface area contributed by atoms with Crippen molar-refractivity contribution in [2.45, 2.75) is 0 Å². The van der Waals surface area contributed by atoms with E-state index in [-0.39, 0.29) is 6.99 Å². The second-order valence-corrected chi connectivity index (χ2v) is 15.0. The van der Waals surface area contributed by atoms with Gasteiger partial charge in [-0.2, -0.15) is 0 Å². The summed E-state index contributed by atoms with van der Waals surface area (Å²) in [6.45, 7) is 0.118. The zero-order valence-corrected chi connectivity index (χ0v) is 8.87. The van der Waals surface area contributed by atoms with Crippen molar-refractivity contribution in [1.82, 2.24) is 0 Å². The number of hydrogen-bond acceptors (Lipinski definition) is 1. The van der Waals surface area contributed by atoms with Crippen LogP contribution in [0.2, 0.25) is 0 Å². The maximum absolute atomic E-state index is 4.75. The van der Waals surface area contributed by atoms with Crippen molar-refractivity contribution in [1.29, 1.82) is 0 Å². The van der Waals surface area contributed by atoms with Crippen molar-refractivity contribution in [2.24, 2.45) is 0 Å². The van der Waals surface area contributed by atoms with Crippen molar-refractivity contribution in [2.75, 3.05) is 0 Å². The van der Waals surface area contributed by atoms with Crippen LogP contribution in [-0.2, 0) is 11.8 Å². The highest BCUT2D eigenvalue weighted by Gasteiger charge is 1.86. The normalized spacial score (nSPS) is 17.0. The summed E-state index contributed by atoms with van der Waals surface area (Å²) in [5.74, 6) is 0. The van der Waals surface area contributed by atoms with Gasteiger partial charge < -0.3 is 0 Å². The zero-order valence-electron chi connectivity index (χ0n) is 2.96. The van der Waals surface area contributed by atoms with E-state index in [1.54, 1.807) is 0 Å². The summed E-state index contributed by atoms with van der Waals surface area (Å²) in [6.07, 6.45) is 0. The fourth-order valence-corrected chi connectivity index (χ4v) is 5.73. The molecular weight excluding hydrogens is 187 g/mol. The van der Waals surface area contributed by atoms with E-state index in [1.165, 1.54) is 0 Å². The van der Waals surface area contributed by atoms with E-state index in [0.717, 1.165) is 15.0 Å². The topological polar surface area (TPSA) is 0 Å². The number of rotatable bonds is 2. The zero-order chi connectivity index (χ0) is 4.99. The van der Waals surface area contributed by atoms with Crippen LogP contribution in [0.4, 0.5) is 0 Å². The average Bonchev–Trinajstić information content (AvgIpc) is 1.65. The van der Waals surface area contributed by atoms with Gasteiger partial charge in [0.1, 0.15) is 0 Å². The Labute approximate surface area is 52.0 Å². The lowest BCUT2D eigenvalue weighted by molar-refractivity contribution is 5.04. The fourth-order valence-electron chi connectivity index (χ4n) is 0.0236. The van der Waals surface area contributed by atoms with Gasteiger partial charge >= 0.3 is 0 Å². The second-order valence-electron chi connectivity index (χ2n) is 0.555. The molecule has 0 rings (SSSR count). The molecule has 0 heterocycles. The molecule has 0 aromatic rings. The van der Waals surface area contributed by atoms with Gasteiger partial charge in [-0.15, -0.1) is 8.93 Å². The third kappa shape index (κ3) is 4.40. The summed E-state index contributed by atoms with van der Waals surface area (Å²) in [4.78, 5) is 0. The maximum Gasteiger partial charge on any atom is 0.0103 e. The van der Waals surface area contributed by atoms with Gasteiger partial charge in [-0.25, -0.2) is 0 Å². The lowest BCUT2D eigenvalue weighted by Gasteiger charge is -1.92. The molecule has 0 N–H and O–H groups in total. The van der Waals surface area contributed by atoms with Crippen LogP contribution in [0.3, 0.4) is 0 Å². The largest absolute Gasteiger partial charge is 0.109 e. The first-order valence-electron chi connectivity index (χ1n) is 1.15. The van der Waals surface area contributed by atoms with Gasteiger partial charge in [-0.05, 0) is 0 Å². The van der Waals surface area contributed by atoms with E-state index in [0.29, 0.717) is 0 Å². The smallest absolute Gasteiger partial charge is 0.0103 e.